The molecule has 0 bridgehead atoms. The van der Waals surface area contributed by atoms with Crippen LogP contribution in [0.15, 0.2) is 29.9 Å². The summed E-state index contributed by atoms with van der Waals surface area (Å²) in [5.41, 5.74) is 0.785. The van der Waals surface area contributed by atoms with Gasteiger partial charge in [-0.25, -0.2) is 13.4 Å². The van der Waals surface area contributed by atoms with Gasteiger partial charge < -0.3 is 9.88 Å². The molecule has 2 saturated heterocycles. The van der Waals surface area contributed by atoms with Gasteiger partial charge in [0.2, 0.25) is 5.91 Å². The first-order chi connectivity index (χ1) is 11.6. The Morgan fingerprint density at radius 1 is 1.25 bits per heavy atom. The van der Waals surface area contributed by atoms with Gasteiger partial charge in [0.25, 0.3) is 10.0 Å². The number of sulfonamides is 1. The van der Waals surface area contributed by atoms with Crippen LogP contribution in [0.2, 0.25) is 0 Å². The number of H-pyrrole nitrogens is 1. The second-order valence-electron chi connectivity index (χ2n) is 6.05. The number of nitrogens with zero attached hydrogens (tertiary/aromatic N) is 5. The van der Waals surface area contributed by atoms with E-state index >= 15 is 0 Å². The van der Waals surface area contributed by atoms with Gasteiger partial charge in [0.05, 0.1) is 30.5 Å². The molecule has 0 radical (unpaired) electrons. The van der Waals surface area contributed by atoms with E-state index in [-0.39, 0.29) is 17.0 Å². The zero-order chi connectivity index (χ0) is 16.7. The maximum Gasteiger partial charge on any atom is 0.260 e. The highest BCUT2D eigenvalue weighted by molar-refractivity contribution is 7.89. The van der Waals surface area contributed by atoms with E-state index in [9.17, 15) is 13.2 Å². The molecule has 1 N–H and O–H groups in total. The number of nitrogens with one attached hydrogen (secondary N) is 1. The molecule has 2 fully saturated rings. The van der Waals surface area contributed by atoms with Crippen LogP contribution in [-0.2, 0) is 14.8 Å². The first-order valence-corrected chi connectivity index (χ1v) is 9.33. The molecular formula is C14H18N6O3S. The molecule has 4 heterocycles. The Kier molecular flexibility index (Phi) is 3.65. The van der Waals surface area contributed by atoms with Crippen molar-refractivity contribution < 1.29 is 13.2 Å². The lowest BCUT2D eigenvalue weighted by atomic mass is 10.3. The zero-order valence-corrected chi connectivity index (χ0v) is 13.8. The molecule has 10 heteroatoms. The van der Waals surface area contributed by atoms with Crippen molar-refractivity contribution in [3.8, 4) is 0 Å². The van der Waals surface area contributed by atoms with Crippen LogP contribution in [0.25, 0.3) is 0 Å². The van der Waals surface area contributed by atoms with Crippen molar-refractivity contribution in [1.82, 2.24) is 24.1 Å². The number of hydrogen-bond acceptors (Lipinski definition) is 5. The molecule has 2 aliphatic heterocycles. The molecule has 0 aromatic carbocycles. The Bertz CT molecular complexity index is 844. The zero-order valence-electron chi connectivity index (χ0n) is 13.0. The lowest BCUT2D eigenvalue weighted by Crippen LogP contribution is -2.29. The lowest BCUT2D eigenvalue weighted by Gasteiger charge is -2.15. The van der Waals surface area contributed by atoms with Gasteiger partial charge in [-0.3, -0.25) is 9.48 Å². The minimum absolute atomic E-state index is 0.0332. The second kappa shape index (κ2) is 5.71. The Morgan fingerprint density at radius 3 is 2.83 bits per heavy atom. The third kappa shape index (κ3) is 2.51. The van der Waals surface area contributed by atoms with Gasteiger partial charge in [-0.05, 0) is 12.8 Å². The normalized spacial score (nSPS) is 22.6. The van der Waals surface area contributed by atoms with Crippen molar-refractivity contribution in [3.05, 3.63) is 24.9 Å². The van der Waals surface area contributed by atoms with Gasteiger partial charge in [0.1, 0.15) is 0 Å². The van der Waals surface area contributed by atoms with Gasteiger partial charge in [0.15, 0.2) is 5.03 Å². The van der Waals surface area contributed by atoms with Crippen LogP contribution in [-0.4, -0.2) is 58.0 Å². The number of hydrogen-bond donors (Lipinski definition) is 1. The highest BCUT2D eigenvalue weighted by atomic mass is 32.2. The number of anilines is 1. The highest BCUT2D eigenvalue weighted by Gasteiger charge is 2.35. The van der Waals surface area contributed by atoms with E-state index in [1.54, 1.807) is 15.8 Å². The number of aromatic nitrogens is 4. The van der Waals surface area contributed by atoms with Crippen LogP contribution in [0.1, 0.15) is 25.3 Å². The molecule has 2 aromatic heterocycles. The predicted octanol–water partition coefficient (Wildman–Crippen LogP) is 0.369. The van der Waals surface area contributed by atoms with E-state index in [1.807, 2.05) is 6.20 Å². The Morgan fingerprint density at radius 2 is 2.12 bits per heavy atom. The summed E-state index contributed by atoms with van der Waals surface area (Å²) in [6.07, 6.45) is 8.30. The summed E-state index contributed by atoms with van der Waals surface area (Å²) >= 11 is 0. The molecule has 0 spiro atoms. The number of aromatic amines is 1. The number of rotatable bonds is 4. The molecular weight excluding hydrogens is 332 g/mol. The van der Waals surface area contributed by atoms with Crippen LogP contribution < -0.4 is 4.90 Å². The summed E-state index contributed by atoms with van der Waals surface area (Å²) < 4.78 is 28.2. The minimum Gasteiger partial charge on any atom is -0.335 e. The van der Waals surface area contributed by atoms with E-state index < -0.39 is 10.0 Å². The van der Waals surface area contributed by atoms with Gasteiger partial charge in [0, 0.05) is 32.3 Å². The first-order valence-electron chi connectivity index (χ1n) is 7.89. The maximum absolute atomic E-state index is 12.5. The van der Waals surface area contributed by atoms with E-state index in [2.05, 4.69) is 15.1 Å². The third-order valence-electron chi connectivity index (χ3n) is 4.56. The molecule has 0 saturated carbocycles. The lowest BCUT2D eigenvalue weighted by molar-refractivity contribution is -0.117. The monoisotopic (exact) mass is 350 g/mol. The van der Waals surface area contributed by atoms with E-state index in [0.29, 0.717) is 25.9 Å². The van der Waals surface area contributed by atoms with E-state index in [4.69, 9.17) is 0 Å². The van der Waals surface area contributed by atoms with Crippen molar-refractivity contribution >= 4 is 21.6 Å². The van der Waals surface area contributed by atoms with Gasteiger partial charge in [-0.2, -0.15) is 9.40 Å². The van der Waals surface area contributed by atoms with E-state index in [1.165, 1.54) is 16.8 Å². The largest absolute Gasteiger partial charge is 0.335 e. The number of carbonyl (C=O) groups excluding carboxylic acids is 1. The highest BCUT2D eigenvalue weighted by Crippen LogP contribution is 2.28. The number of imidazole rings is 1. The summed E-state index contributed by atoms with van der Waals surface area (Å²) in [7, 11) is -3.54. The summed E-state index contributed by atoms with van der Waals surface area (Å²) in [6.45, 7) is 1.51. The number of amides is 1. The summed E-state index contributed by atoms with van der Waals surface area (Å²) in [4.78, 5) is 20.0. The van der Waals surface area contributed by atoms with Crippen molar-refractivity contribution in [2.24, 2.45) is 0 Å². The SMILES string of the molecule is O=C1CCCN1c1cnn(C2CCN(S(=O)(=O)c3cnc[nH]3)C2)c1. The van der Waals surface area contributed by atoms with Crippen molar-refractivity contribution in [2.45, 2.75) is 30.3 Å². The van der Waals surface area contributed by atoms with Crippen molar-refractivity contribution in [2.75, 3.05) is 24.5 Å². The molecule has 9 nitrogen and oxygen atoms in total. The van der Waals surface area contributed by atoms with Gasteiger partial charge in [-0.15, -0.1) is 0 Å². The van der Waals surface area contributed by atoms with Crippen LogP contribution in [0, 0.1) is 0 Å². The Labute approximate surface area is 139 Å². The molecule has 1 atom stereocenters. The van der Waals surface area contributed by atoms with Gasteiger partial charge >= 0.3 is 0 Å². The molecule has 2 aromatic rings. The average Bonchev–Trinajstić information content (AvgIpc) is 3.33. The molecule has 1 amide bonds. The Hall–Kier alpha value is -2.20. The fourth-order valence-electron chi connectivity index (χ4n) is 3.26. The average molecular weight is 350 g/mol. The van der Waals surface area contributed by atoms with Crippen LogP contribution >= 0.6 is 0 Å². The van der Waals surface area contributed by atoms with Crippen molar-refractivity contribution in [3.63, 3.8) is 0 Å². The molecule has 0 aliphatic carbocycles. The summed E-state index contributed by atoms with van der Waals surface area (Å²) in [5, 5.41) is 4.44. The van der Waals surface area contributed by atoms with E-state index in [0.717, 1.165) is 18.7 Å². The van der Waals surface area contributed by atoms with Crippen LogP contribution in [0.3, 0.4) is 0 Å². The van der Waals surface area contributed by atoms with Crippen LogP contribution in [0.5, 0.6) is 0 Å². The topological polar surface area (TPSA) is 104 Å². The standard InChI is InChI=1S/C14H18N6O3S/c21-14-2-1-4-19(14)12-6-17-20(9-12)11-3-5-18(8-11)24(22,23)13-7-15-10-16-13/h6-7,9-11H,1-5,8H2,(H,15,16). The molecule has 128 valence electrons. The first kappa shape index (κ1) is 15.3. The van der Waals surface area contributed by atoms with Gasteiger partial charge in [-0.1, -0.05) is 0 Å². The molecule has 24 heavy (non-hydrogen) atoms. The maximum atomic E-state index is 12.5. The molecule has 1 unspecified atom stereocenters. The van der Waals surface area contributed by atoms with Crippen LogP contribution in [0.4, 0.5) is 5.69 Å². The molecule has 4 rings (SSSR count). The summed E-state index contributed by atoms with van der Waals surface area (Å²) in [5.74, 6) is 0.115. The quantitative estimate of drug-likeness (QED) is 0.858. The predicted molar refractivity (Wildman–Crippen MR) is 84.8 cm³/mol. The fraction of sp³-hybridized carbons (Fsp3) is 0.500. The Balaban J connectivity index is 1.49. The minimum atomic E-state index is -3.54. The summed E-state index contributed by atoms with van der Waals surface area (Å²) in [6, 6.07) is -0.0332. The van der Waals surface area contributed by atoms with Crippen molar-refractivity contribution in [1.29, 1.82) is 0 Å². The number of carbonyl (C=O) groups is 1. The third-order valence-corrected chi connectivity index (χ3v) is 6.35. The fourth-order valence-corrected chi connectivity index (χ4v) is 4.64. The smallest absolute Gasteiger partial charge is 0.260 e. The second-order valence-corrected chi connectivity index (χ2v) is 7.96. The molecule has 2 aliphatic rings.